The number of urea groups is 1. The number of primary amides is 1. The number of amides is 3. The highest BCUT2D eigenvalue weighted by molar-refractivity contribution is 5.79. The number of carbonyl (C=O) groups is 2. The van der Waals surface area contributed by atoms with Gasteiger partial charge in [0.2, 0.25) is 5.82 Å². The molecule has 162 valence electrons. The molecule has 10 nitrogen and oxygen atoms in total. The summed E-state index contributed by atoms with van der Waals surface area (Å²) in [5, 5.41) is 5.14. The molecule has 0 bridgehead atoms. The Labute approximate surface area is 173 Å². The Morgan fingerprint density at radius 2 is 1.84 bits per heavy atom. The summed E-state index contributed by atoms with van der Waals surface area (Å²) >= 11 is 0. The number of hydrogen-bond acceptors (Lipinski definition) is 7. The van der Waals surface area contributed by atoms with Crippen molar-refractivity contribution >= 4 is 18.3 Å². The fourth-order valence-corrected chi connectivity index (χ4v) is 3.17. The lowest BCUT2D eigenvalue weighted by Crippen LogP contribution is -2.59. The fourth-order valence-electron chi connectivity index (χ4n) is 3.17. The van der Waals surface area contributed by atoms with Crippen LogP contribution >= 0.6 is 0 Å². The monoisotopic (exact) mass is 436 g/mol. The zero-order chi connectivity index (χ0) is 22.1. The normalized spacial score (nSPS) is 18.1. The van der Waals surface area contributed by atoms with Crippen molar-refractivity contribution in [3.8, 4) is 11.9 Å². The number of aromatic nitrogens is 2. The molecule has 0 radical (unpaired) electrons. The van der Waals surface area contributed by atoms with E-state index in [2.05, 4.69) is 19.8 Å². The van der Waals surface area contributed by atoms with Gasteiger partial charge in [0.05, 0.1) is 25.3 Å². The van der Waals surface area contributed by atoms with E-state index in [1.807, 2.05) is 0 Å². The standard InChI is InChI=1S/C18H15F3N6O4/c19-10-3-9(4-11(20)5-10)14-1-2-24-27(14)18(29)26-7-12(8-26)30-15-13(21)6-23-17(25-15)31-16(22)28/h2-6,12,14H,1,7-8H2,(H2,22,28). The van der Waals surface area contributed by atoms with Crippen LogP contribution in [-0.4, -0.2) is 57.4 Å². The number of carbonyl (C=O) groups excluding carboxylic acids is 2. The summed E-state index contributed by atoms with van der Waals surface area (Å²) in [6.07, 6.45) is 0.778. The van der Waals surface area contributed by atoms with Crippen LogP contribution < -0.4 is 15.2 Å². The van der Waals surface area contributed by atoms with E-state index in [1.165, 1.54) is 11.1 Å². The molecule has 0 spiro atoms. The Bertz CT molecular complexity index is 1040. The SMILES string of the molecule is NC(=O)Oc1ncc(F)c(OC2CN(C(=O)N3N=CCC3c3cc(F)cc(F)c3)C2)n1. The Morgan fingerprint density at radius 1 is 1.13 bits per heavy atom. The van der Waals surface area contributed by atoms with Gasteiger partial charge in [0, 0.05) is 18.7 Å². The number of nitrogens with two attached hydrogens (primary N) is 1. The molecule has 2 N–H and O–H groups in total. The van der Waals surface area contributed by atoms with E-state index in [-0.39, 0.29) is 18.7 Å². The van der Waals surface area contributed by atoms with Crippen molar-refractivity contribution in [1.82, 2.24) is 19.9 Å². The number of nitrogens with zero attached hydrogens (tertiary/aromatic N) is 5. The van der Waals surface area contributed by atoms with E-state index in [9.17, 15) is 22.8 Å². The second-order valence-corrected chi connectivity index (χ2v) is 6.75. The van der Waals surface area contributed by atoms with Crippen LogP contribution in [0.15, 0.2) is 29.5 Å². The molecule has 4 rings (SSSR count). The Hall–Kier alpha value is -3.90. The van der Waals surface area contributed by atoms with Gasteiger partial charge in [-0.15, -0.1) is 0 Å². The number of benzene rings is 1. The Kier molecular flexibility index (Phi) is 5.31. The van der Waals surface area contributed by atoms with Gasteiger partial charge < -0.3 is 20.1 Å². The summed E-state index contributed by atoms with van der Waals surface area (Å²) in [7, 11) is 0. The van der Waals surface area contributed by atoms with Gasteiger partial charge in [-0.1, -0.05) is 0 Å². The average Bonchev–Trinajstić information content (AvgIpc) is 3.15. The smallest absolute Gasteiger partial charge is 0.412 e. The van der Waals surface area contributed by atoms with Gasteiger partial charge >= 0.3 is 18.1 Å². The average molecular weight is 436 g/mol. The van der Waals surface area contributed by atoms with Crippen LogP contribution in [-0.2, 0) is 0 Å². The molecule has 2 aliphatic rings. The molecule has 31 heavy (non-hydrogen) atoms. The molecule has 13 heteroatoms. The summed E-state index contributed by atoms with van der Waals surface area (Å²) in [6, 6.07) is 1.42. The first-order chi connectivity index (χ1) is 14.8. The van der Waals surface area contributed by atoms with Crippen LogP contribution in [0.5, 0.6) is 11.9 Å². The van der Waals surface area contributed by atoms with Gasteiger partial charge in [-0.25, -0.2) is 23.4 Å². The van der Waals surface area contributed by atoms with Gasteiger partial charge in [0.1, 0.15) is 17.7 Å². The summed E-state index contributed by atoms with van der Waals surface area (Å²) < 4.78 is 50.8. The molecule has 3 amide bonds. The summed E-state index contributed by atoms with van der Waals surface area (Å²) in [6.45, 7) is 0.176. The molecule has 1 aromatic heterocycles. The van der Waals surface area contributed by atoms with E-state index in [0.29, 0.717) is 6.42 Å². The van der Waals surface area contributed by atoms with E-state index >= 15 is 0 Å². The summed E-state index contributed by atoms with van der Waals surface area (Å²) in [4.78, 5) is 31.9. The predicted molar refractivity (Wildman–Crippen MR) is 97.6 cm³/mol. The van der Waals surface area contributed by atoms with E-state index in [1.54, 1.807) is 0 Å². The maximum atomic E-state index is 13.8. The van der Waals surface area contributed by atoms with E-state index < -0.39 is 53.6 Å². The molecule has 1 atom stereocenters. The van der Waals surface area contributed by atoms with Gasteiger partial charge in [-0.2, -0.15) is 19.5 Å². The lowest BCUT2D eigenvalue weighted by molar-refractivity contribution is 0.0226. The number of rotatable bonds is 4. The van der Waals surface area contributed by atoms with Gasteiger partial charge in [0.25, 0.3) is 5.88 Å². The Balaban J connectivity index is 1.38. The molecule has 1 unspecified atom stereocenters. The minimum absolute atomic E-state index is 0.0878. The third kappa shape index (κ3) is 4.34. The van der Waals surface area contributed by atoms with Crippen molar-refractivity contribution in [2.24, 2.45) is 10.8 Å². The van der Waals surface area contributed by atoms with Crippen molar-refractivity contribution in [2.45, 2.75) is 18.6 Å². The molecular weight excluding hydrogens is 421 g/mol. The molecule has 0 saturated carbocycles. The highest BCUT2D eigenvalue weighted by atomic mass is 19.1. The zero-order valence-electron chi connectivity index (χ0n) is 15.7. The van der Waals surface area contributed by atoms with Crippen molar-refractivity contribution < 1.29 is 32.2 Å². The molecule has 2 aliphatic heterocycles. The maximum absolute atomic E-state index is 13.8. The predicted octanol–water partition coefficient (Wildman–Crippen LogP) is 1.97. The highest BCUT2D eigenvalue weighted by Crippen LogP contribution is 2.31. The molecular formula is C18H15F3N6O4. The van der Waals surface area contributed by atoms with Gasteiger partial charge in [-0.05, 0) is 17.7 Å². The van der Waals surface area contributed by atoms with Crippen LogP contribution in [0.3, 0.4) is 0 Å². The largest absolute Gasteiger partial charge is 0.468 e. The molecule has 1 aromatic carbocycles. The van der Waals surface area contributed by atoms with Gasteiger partial charge in [0.15, 0.2) is 0 Å². The number of likely N-dealkylation sites (tertiary alicyclic amines) is 1. The topological polar surface area (TPSA) is 123 Å². The number of hydrazone groups is 1. The number of hydrogen-bond donors (Lipinski definition) is 1. The zero-order valence-corrected chi connectivity index (χ0v) is 15.7. The first-order valence-electron chi connectivity index (χ1n) is 9.03. The van der Waals surface area contributed by atoms with Crippen LogP contribution in [0, 0.1) is 17.5 Å². The second-order valence-electron chi connectivity index (χ2n) is 6.75. The van der Waals surface area contributed by atoms with Crippen molar-refractivity contribution in [3.05, 3.63) is 47.4 Å². The minimum atomic E-state index is -1.17. The summed E-state index contributed by atoms with van der Waals surface area (Å²) in [5.41, 5.74) is 5.13. The lowest BCUT2D eigenvalue weighted by Gasteiger charge is -2.40. The third-order valence-electron chi connectivity index (χ3n) is 4.57. The number of halogens is 3. The molecule has 1 saturated heterocycles. The minimum Gasteiger partial charge on any atom is -0.468 e. The van der Waals surface area contributed by atoms with E-state index in [4.69, 9.17) is 10.5 Å². The van der Waals surface area contributed by atoms with Crippen molar-refractivity contribution in [3.63, 3.8) is 0 Å². The molecule has 3 heterocycles. The van der Waals surface area contributed by atoms with Gasteiger partial charge in [-0.3, -0.25) is 0 Å². The summed E-state index contributed by atoms with van der Waals surface area (Å²) in [5.74, 6) is -2.86. The highest BCUT2D eigenvalue weighted by Gasteiger charge is 2.39. The van der Waals surface area contributed by atoms with Crippen LogP contribution in [0.1, 0.15) is 18.0 Å². The Morgan fingerprint density at radius 3 is 2.52 bits per heavy atom. The van der Waals surface area contributed by atoms with E-state index in [0.717, 1.165) is 29.4 Å². The van der Waals surface area contributed by atoms with Crippen LogP contribution in [0.25, 0.3) is 0 Å². The lowest BCUT2D eigenvalue weighted by atomic mass is 10.0. The maximum Gasteiger partial charge on any atom is 0.412 e. The third-order valence-corrected chi connectivity index (χ3v) is 4.57. The van der Waals surface area contributed by atoms with Crippen molar-refractivity contribution in [2.75, 3.05) is 13.1 Å². The molecule has 1 fully saturated rings. The van der Waals surface area contributed by atoms with Crippen molar-refractivity contribution in [1.29, 1.82) is 0 Å². The van der Waals surface area contributed by atoms with Crippen LogP contribution in [0.2, 0.25) is 0 Å². The molecule has 0 aliphatic carbocycles. The molecule has 2 aromatic rings. The fraction of sp³-hybridized carbons (Fsp3) is 0.278. The number of ether oxygens (including phenoxy) is 2. The first-order valence-corrected chi connectivity index (χ1v) is 9.03. The second kappa shape index (κ2) is 8.08. The van der Waals surface area contributed by atoms with Crippen LogP contribution in [0.4, 0.5) is 22.8 Å². The first kappa shape index (κ1) is 20.4. The quantitative estimate of drug-likeness (QED) is 0.782.